The lowest BCUT2D eigenvalue weighted by Gasteiger charge is -2.17. The van der Waals surface area contributed by atoms with Gasteiger partial charge in [-0.05, 0) is 58.6 Å². The number of carbonyl (C=O) groups excluding carboxylic acids is 1. The molecule has 0 atom stereocenters. The molecule has 1 N–H and O–H groups in total. The molecule has 0 fully saturated rings. The number of rotatable bonds is 7. The zero-order valence-corrected chi connectivity index (χ0v) is 16.6. The molecule has 2 rings (SSSR count). The van der Waals surface area contributed by atoms with Crippen LogP contribution in [0.5, 0.6) is 5.75 Å². The molecule has 2 aromatic carbocycles. The quantitative estimate of drug-likeness (QED) is 0.574. The fraction of sp³-hybridized carbons (Fsp3) is 0.350. The van der Waals surface area contributed by atoms with E-state index < -0.39 is 6.43 Å². The predicted molar refractivity (Wildman–Crippen MR) is 103 cm³/mol. The summed E-state index contributed by atoms with van der Waals surface area (Å²) in [5.74, 6) is 0.346. The highest BCUT2D eigenvalue weighted by molar-refractivity contribution is 9.10. The average Bonchev–Trinajstić information content (AvgIpc) is 2.62. The first-order valence-corrected chi connectivity index (χ1v) is 9.28. The monoisotopic (exact) mass is 425 g/mol. The third-order valence-electron chi connectivity index (χ3n) is 4.19. The van der Waals surface area contributed by atoms with Crippen molar-refractivity contribution in [3.8, 4) is 5.75 Å². The minimum absolute atomic E-state index is 0.0661. The normalized spacial score (nSPS) is 10.9. The van der Waals surface area contributed by atoms with Crippen molar-refractivity contribution in [3.05, 3.63) is 57.1 Å². The van der Waals surface area contributed by atoms with Crippen LogP contribution in [0.4, 0.5) is 14.5 Å². The van der Waals surface area contributed by atoms with Gasteiger partial charge in [-0.15, -0.1) is 0 Å². The van der Waals surface area contributed by atoms with Gasteiger partial charge in [0.15, 0.2) is 0 Å². The van der Waals surface area contributed by atoms with Crippen molar-refractivity contribution < 1.29 is 18.3 Å². The number of anilines is 1. The van der Waals surface area contributed by atoms with E-state index >= 15 is 0 Å². The van der Waals surface area contributed by atoms with Crippen molar-refractivity contribution in [3.63, 3.8) is 0 Å². The van der Waals surface area contributed by atoms with Crippen molar-refractivity contribution in [1.29, 1.82) is 0 Å². The first kappa shape index (κ1) is 20.4. The van der Waals surface area contributed by atoms with Crippen LogP contribution in [0.15, 0.2) is 34.8 Å². The summed E-state index contributed by atoms with van der Waals surface area (Å²) in [5.41, 5.74) is 2.76. The van der Waals surface area contributed by atoms with Crippen LogP contribution in [0.1, 0.15) is 48.9 Å². The third-order valence-corrected chi connectivity index (χ3v) is 4.81. The van der Waals surface area contributed by atoms with Crippen molar-refractivity contribution in [2.24, 2.45) is 0 Å². The number of nitrogens with one attached hydrogen (secondary N) is 1. The maximum Gasteiger partial charge on any atom is 0.264 e. The van der Waals surface area contributed by atoms with Crippen LogP contribution in [0.25, 0.3) is 0 Å². The second-order valence-corrected chi connectivity index (χ2v) is 6.78. The molecule has 0 radical (unpaired) electrons. The number of ether oxygens (including phenoxy) is 1. The Kier molecular flexibility index (Phi) is 7.14. The molecule has 0 bridgehead atoms. The van der Waals surface area contributed by atoms with Crippen LogP contribution >= 0.6 is 15.9 Å². The van der Waals surface area contributed by atoms with Gasteiger partial charge in [0.2, 0.25) is 5.91 Å². The summed E-state index contributed by atoms with van der Waals surface area (Å²) in [7, 11) is 0. The lowest BCUT2D eigenvalue weighted by molar-refractivity contribution is -0.115. The largest absolute Gasteiger partial charge is 0.488 e. The topological polar surface area (TPSA) is 38.3 Å². The van der Waals surface area contributed by atoms with Gasteiger partial charge in [-0.3, -0.25) is 4.79 Å². The van der Waals surface area contributed by atoms with Crippen LogP contribution in [0, 0.1) is 6.92 Å². The van der Waals surface area contributed by atoms with Gasteiger partial charge in [-0.1, -0.05) is 26.0 Å². The van der Waals surface area contributed by atoms with E-state index in [1.807, 2.05) is 19.1 Å². The number of hydrogen-bond donors (Lipinski definition) is 1. The number of amides is 1. The van der Waals surface area contributed by atoms with Crippen LogP contribution in [-0.4, -0.2) is 5.91 Å². The number of carbonyl (C=O) groups is 1. The van der Waals surface area contributed by atoms with E-state index in [9.17, 15) is 13.6 Å². The summed E-state index contributed by atoms with van der Waals surface area (Å²) in [6.45, 7) is 5.69. The highest BCUT2D eigenvalue weighted by Gasteiger charge is 2.18. The molecule has 0 spiro atoms. The molecule has 0 heterocycles. The second kappa shape index (κ2) is 9.12. The number of alkyl halides is 2. The van der Waals surface area contributed by atoms with Gasteiger partial charge >= 0.3 is 0 Å². The Morgan fingerprint density at radius 2 is 2.00 bits per heavy atom. The summed E-state index contributed by atoms with van der Waals surface area (Å²) >= 11 is 3.47. The minimum Gasteiger partial charge on any atom is -0.488 e. The van der Waals surface area contributed by atoms with Gasteiger partial charge in [0, 0.05) is 23.2 Å². The van der Waals surface area contributed by atoms with Gasteiger partial charge in [0.1, 0.15) is 12.4 Å². The van der Waals surface area contributed by atoms with Crippen LogP contribution < -0.4 is 10.1 Å². The summed E-state index contributed by atoms with van der Waals surface area (Å²) < 4.78 is 33.4. The van der Waals surface area contributed by atoms with E-state index in [1.54, 1.807) is 13.0 Å². The van der Waals surface area contributed by atoms with Gasteiger partial charge in [0.25, 0.3) is 6.43 Å². The Balaban J connectivity index is 2.33. The zero-order chi connectivity index (χ0) is 19.3. The molecular weight excluding hydrogens is 404 g/mol. The molecule has 0 aromatic heterocycles. The number of hydrogen-bond acceptors (Lipinski definition) is 2. The molecule has 0 aliphatic carbocycles. The zero-order valence-electron chi connectivity index (χ0n) is 15.0. The van der Waals surface area contributed by atoms with Gasteiger partial charge in [-0.2, -0.15) is 0 Å². The van der Waals surface area contributed by atoms with Crippen molar-refractivity contribution in [1.82, 2.24) is 0 Å². The summed E-state index contributed by atoms with van der Waals surface area (Å²) in [6.07, 6.45) is -1.49. The number of benzene rings is 2. The Bertz CT molecular complexity index is 794. The molecule has 2 aromatic rings. The fourth-order valence-corrected chi connectivity index (χ4v) is 3.17. The smallest absolute Gasteiger partial charge is 0.264 e. The Hall–Kier alpha value is -1.95. The highest BCUT2D eigenvalue weighted by atomic mass is 79.9. The fourth-order valence-electron chi connectivity index (χ4n) is 2.66. The Morgan fingerprint density at radius 3 is 2.62 bits per heavy atom. The molecule has 0 unspecified atom stereocenters. The lowest BCUT2D eigenvalue weighted by atomic mass is 10.1. The Labute approximate surface area is 160 Å². The molecule has 0 aliphatic rings. The van der Waals surface area contributed by atoms with E-state index in [0.717, 1.165) is 16.5 Å². The first-order valence-electron chi connectivity index (χ1n) is 8.48. The minimum atomic E-state index is -2.65. The maximum atomic E-state index is 13.4. The van der Waals surface area contributed by atoms with E-state index in [4.69, 9.17) is 4.74 Å². The van der Waals surface area contributed by atoms with E-state index in [1.165, 1.54) is 17.7 Å². The molecule has 26 heavy (non-hydrogen) atoms. The molecule has 140 valence electrons. The predicted octanol–water partition coefficient (Wildman–Crippen LogP) is 6.19. The van der Waals surface area contributed by atoms with E-state index in [-0.39, 0.29) is 30.1 Å². The van der Waals surface area contributed by atoms with Gasteiger partial charge in [-0.25, -0.2) is 8.78 Å². The summed E-state index contributed by atoms with van der Waals surface area (Å²) in [6, 6.07) is 8.33. The van der Waals surface area contributed by atoms with Crippen LogP contribution in [0.2, 0.25) is 0 Å². The standard InChI is InChI=1S/C20H22BrF2NO2/c1-4-13-10-16(21)18(9-12(13)3)26-11-15-14(20(22)23)7-6-8-17(15)24-19(25)5-2/h6-10,20H,4-5,11H2,1-3H3,(H,24,25). The highest BCUT2D eigenvalue weighted by Crippen LogP contribution is 2.33. The summed E-state index contributed by atoms with van der Waals surface area (Å²) in [4.78, 5) is 11.7. The van der Waals surface area contributed by atoms with Gasteiger partial charge in [0.05, 0.1) is 4.47 Å². The molecule has 0 saturated carbocycles. The lowest BCUT2D eigenvalue weighted by Crippen LogP contribution is -2.13. The second-order valence-electron chi connectivity index (χ2n) is 5.93. The summed E-state index contributed by atoms with van der Waals surface area (Å²) in [5, 5.41) is 2.67. The number of aryl methyl sites for hydroxylation is 2. The molecule has 3 nitrogen and oxygen atoms in total. The van der Waals surface area contributed by atoms with Crippen LogP contribution in [-0.2, 0) is 17.8 Å². The van der Waals surface area contributed by atoms with Crippen molar-refractivity contribution in [2.45, 2.75) is 46.6 Å². The van der Waals surface area contributed by atoms with Crippen LogP contribution in [0.3, 0.4) is 0 Å². The van der Waals surface area contributed by atoms with E-state index in [2.05, 4.69) is 28.2 Å². The first-order chi connectivity index (χ1) is 12.4. The van der Waals surface area contributed by atoms with Crippen molar-refractivity contribution in [2.75, 3.05) is 5.32 Å². The number of halogens is 3. The molecule has 1 amide bonds. The molecular formula is C20H22BrF2NO2. The molecule has 0 saturated heterocycles. The molecule has 6 heteroatoms. The average molecular weight is 426 g/mol. The Morgan fingerprint density at radius 1 is 1.27 bits per heavy atom. The maximum absolute atomic E-state index is 13.4. The van der Waals surface area contributed by atoms with Gasteiger partial charge < -0.3 is 10.1 Å². The van der Waals surface area contributed by atoms with Crippen molar-refractivity contribution >= 4 is 27.5 Å². The SMILES string of the molecule is CCC(=O)Nc1cccc(C(F)F)c1COc1cc(C)c(CC)cc1Br. The molecule has 0 aliphatic heterocycles. The van der Waals surface area contributed by atoms with E-state index in [0.29, 0.717) is 11.4 Å². The third kappa shape index (κ3) is 4.81.